The Bertz CT molecular complexity index is 502. The van der Waals surface area contributed by atoms with E-state index in [-0.39, 0.29) is 11.6 Å². The van der Waals surface area contributed by atoms with Gasteiger partial charge in [0, 0.05) is 22.5 Å². The van der Waals surface area contributed by atoms with Crippen molar-refractivity contribution in [3.05, 3.63) is 28.2 Å². The van der Waals surface area contributed by atoms with Crippen LogP contribution in [-0.2, 0) is 0 Å². The second-order valence-electron chi connectivity index (χ2n) is 6.88. The van der Waals surface area contributed by atoms with Crippen LogP contribution in [0.2, 0.25) is 0 Å². The van der Waals surface area contributed by atoms with Gasteiger partial charge < -0.3 is 10.5 Å². The van der Waals surface area contributed by atoms with Crippen molar-refractivity contribution in [2.75, 3.05) is 0 Å². The second kappa shape index (κ2) is 5.34. The molecule has 0 radical (unpaired) electrons. The Morgan fingerprint density at radius 1 is 1.35 bits per heavy atom. The van der Waals surface area contributed by atoms with Crippen LogP contribution in [0.3, 0.4) is 0 Å². The van der Waals surface area contributed by atoms with Crippen molar-refractivity contribution >= 4 is 15.9 Å². The van der Waals surface area contributed by atoms with Crippen molar-refractivity contribution in [3.8, 4) is 5.75 Å². The maximum atomic E-state index is 6.48. The number of hydrogen-bond donors (Lipinski definition) is 1. The molecule has 1 aliphatic heterocycles. The molecule has 1 heterocycles. The highest BCUT2D eigenvalue weighted by Crippen LogP contribution is 2.48. The molecule has 1 saturated carbocycles. The Balaban J connectivity index is 1.89. The molecule has 2 N–H and O–H groups in total. The summed E-state index contributed by atoms with van der Waals surface area (Å²) in [5.41, 5.74) is 7.56. The molecule has 110 valence electrons. The number of halogens is 1. The highest BCUT2D eigenvalue weighted by molar-refractivity contribution is 9.10. The lowest BCUT2D eigenvalue weighted by Gasteiger charge is -2.47. The molecule has 1 aromatic rings. The van der Waals surface area contributed by atoms with E-state index in [0.29, 0.717) is 0 Å². The molecular weight excluding hydrogens is 314 g/mol. The van der Waals surface area contributed by atoms with E-state index in [0.717, 1.165) is 46.9 Å². The average molecular weight is 338 g/mol. The summed E-state index contributed by atoms with van der Waals surface area (Å²) in [6.45, 7) is 4.66. The molecule has 3 unspecified atom stereocenters. The summed E-state index contributed by atoms with van der Waals surface area (Å²) in [6.07, 6.45) is 5.87. The molecule has 0 amide bonds. The summed E-state index contributed by atoms with van der Waals surface area (Å²) >= 11 is 3.54. The summed E-state index contributed by atoms with van der Waals surface area (Å²) in [6, 6.07) is 6.34. The molecule has 3 atom stereocenters. The maximum absolute atomic E-state index is 6.48. The van der Waals surface area contributed by atoms with E-state index in [2.05, 4.69) is 48.0 Å². The minimum Gasteiger partial charge on any atom is -0.487 e. The Hall–Kier alpha value is -0.540. The van der Waals surface area contributed by atoms with Crippen LogP contribution in [0.5, 0.6) is 5.75 Å². The van der Waals surface area contributed by atoms with E-state index >= 15 is 0 Å². The predicted octanol–water partition coefficient (Wildman–Crippen LogP) is 4.82. The minimum atomic E-state index is -0.0274. The van der Waals surface area contributed by atoms with Crippen molar-refractivity contribution in [2.45, 2.75) is 57.6 Å². The van der Waals surface area contributed by atoms with Gasteiger partial charge in [-0.05, 0) is 49.7 Å². The molecule has 2 nitrogen and oxygen atoms in total. The Morgan fingerprint density at radius 3 is 2.90 bits per heavy atom. The molecule has 20 heavy (non-hydrogen) atoms. The van der Waals surface area contributed by atoms with Gasteiger partial charge in [-0.15, -0.1) is 0 Å². The lowest BCUT2D eigenvalue weighted by atomic mass is 9.70. The molecule has 1 spiro atoms. The summed E-state index contributed by atoms with van der Waals surface area (Å²) in [5.74, 6) is 2.49. The van der Waals surface area contributed by atoms with Gasteiger partial charge >= 0.3 is 0 Å². The standard InChI is InChI=1S/C17H24BrNO/c1-11(2)12-4-3-7-17(9-12)10-15(19)14-6-5-13(18)8-16(14)20-17/h5-6,8,11-12,15H,3-4,7,9-10,19H2,1-2H3. The topological polar surface area (TPSA) is 35.2 Å². The van der Waals surface area contributed by atoms with Gasteiger partial charge in [0.25, 0.3) is 0 Å². The van der Waals surface area contributed by atoms with Gasteiger partial charge in [-0.3, -0.25) is 0 Å². The zero-order chi connectivity index (χ0) is 14.3. The lowest BCUT2D eigenvalue weighted by Crippen LogP contribution is -2.47. The summed E-state index contributed by atoms with van der Waals surface area (Å²) in [4.78, 5) is 0. The van der Waals surface area contributed by atoms with Crippen molar-refractivity contribution in [3.63, 3.8) is 0 Å². The third kappa shape index (κ3) is 2.62. The predicted molar refractivity (Wildman–Crippen MR) is 85.8 cm³/mol. The van der Waals surface area contributed by atoms with Crippen molar-refractivity contribution in [1.29, 1.82) is 0 Å². The third-order valence-electron chi connectivity index (χ3n) is 5.08. The van der Waals surface area contributed by atoms with Crippen LogP contribution < -0.4 is 10.5 Å². The molecule has 3 rings (SSSR count). The first-order valence-corrected chi connectivity index (χ1v) is 8.52. The molecule has 1 aromatic carbocycles. The number of fused-ring (bicyclic) bond motifs is 1. The summed E-state index contributed by atoms with van der Waals surface area (Å²) in [7, 11) is 0. The van der Waals surface area contributed by atoms with Crippen molar-refractivity contribution < 1.29 is 4.74 Å². The molecule has 3 heteroatoms. The first kappa shape index (κ1) is 14.4. The quantitative estimate of drug-likeness (QED) is 0.797. The van der Waals surface area contributed by atoms with Crippen LogP contribution >= 0.6 is 15.9 Å². The van der Waals surface area contributed by atoms with Gasteiger partial charge in [-0.2, -0.15) is 0 Å². The van der Waals surface area contributed by atoms with E-state index < -0.39 is 0 Å². The minimum absolute atomic E-state index is 0.0274. The van der Waals surface area contributed by atoms with Gasteiger partial charge in [0.15, 0.2) is 0 Å². The van der Waals surface area contributed by atoms with Crippen LogP contribution in [0.15, 0.2) is 22.7 Å². The van der Waals surface area contributed by atoms with E-state index in [9.17, 15) is 0 Å². The van der Waals surface area contributed by atoms with Gasteiger partial charge in [-0.25, -0.2) is 0 Å². The first-order chi connectivity index (χ1) is 9.49. The molecule has 1 fully saturated rings. The molecule has 1 aliphatic carbocycles. The normalized spacial score (nSPS) is 33.0. The zero-order valence-corrected chi connectivity index (χ0v) is 13.9. The highest BCUT2D eigenvalue weighted by Gasteiger charge is 2.43. The molecular formula is C17H24BrNO. The average Bonchev–Trinajstić information content (AvgIpc) is 2.37. The van der Waals surface area contributed by atoms with E-state index in [1.165, 1.54) is 12.8 Å². The van der Waals surface area contributed by atoms with Crippen molar-refractivity contribution in [2.24, 2.45) is 17.6 Å². The number of rotatable bonds is 1. The fraction of sp³-hybridized carbons (Fsp3) is 0.647. The lowest BCUT2D eigenvalue weighted by molar-refractivity contribution is -0.0249. The Kier molecular flexibility index (Phi) is 3.85. The maximum Gasteiger partial charge on any atom is 0.126 e. The Labute approximate surface area is 130 Å². The molecule has 0 bridgehead atoms. The van der Waals surface area contributed by atoms with Crippen LogP contribution in [0, 0.1) is 11.8 Å². The van der Waals surface area contributed by atoms with Crippen LogP contribution in [0.1, 0.15) is 57.6 Å². The number of ether oxygens (including phenoxy) is 1. The monoisotopic (exact) mass is 337 g/mol. The smallest absolute Gasteiger partial charge is 0.126 e. The zero-order valence-electron chi connectivity index (χ0n) is 12.4. The van der Waals surface area contributed by atoms with Gasteiger partial charge in [0.2, 0.25) is 0 Å². The van der Waals surface area contributed by atoms with Crippen molar-refractivity contribution in [1.82, 2.24) is 0 Å². The largest absolute Gasteiger partial charge is 0.487 e. The fourth-order valence-corrected chi connectivity index (χ4v) is 4.24. The summed E-state index contributed by atoms with van der Waals surface area (Å²) < 4.78 is 7.55. The van der Waals surface area contributed by atoms with Crippen LogP contribution in [-0.4, -0.2) is 5.60 Å². The number of benzene rings is 1. The van der Waals surface area contributed by atoms with Crippen LogP contribution in [0.25, 0.3) is 0 Å². The van der Waals surface area contributed by atoms with Crippen LogP contribution in [0.4, 0.5) is 0 Å². The van der Waals surface area contributed by atoms with E-state index in [1.54, 1.807) is 0 Å². The molecule has 2 aliphatic rings. The van der Waals surface area contributed by atoms with Gasteiger partial charge in [0.05, 0.1) is 0 Å². The fourth-order valence-electron chi connectivity index (χ4n) is 3.90. The van der Waals surface area contributed by atoms with E-state index in [1.807, 2.05) is 0 Å². The highest BCUT2D eigenvalue weighted by atomic mass is 79.9. The first-order valence-electron chi connectivity index (χ1n) is 7.73. The van der Waals surface area contributed by atoms with Gasteiger partial charge in [-0.1, -0.05) is 35.8 Å². The Morgan fingerprint density at radius 2 is 2.15 bits per heavy atom. The second-order valence-corrected chi connectivity index (χ2v) is 7.79. The van der Waals surface area contributed by atoms with Gasteiger partial charge in [0.1, 0.15) is 11.4 Å². The SMILES string of the molecule is CC(C)C1CCCC2(CC(N)c3ccc(Br)cc3O2)C1. The third-order valence-corrected chi connectivity index (χ3v) is 5.57. The molecule has 0 aromatic heterocycles. The van der Waals surface area contributed by atoms with E-state index in [4.69, 9.17) is 10.5 Å². The number of hydrogen-bond acceptors (Lipinski definition) is 2. The summed E-state index contributed by atoms with van der Waals surface area (Å²) in [5, 5.41) is 0. The number of nitrogens with two attached hydrogens (primary N) is 1. The molecule has 0 saturated heterocycles.